The average Bonchev–Trinajstić information content (AvgIpc) is 2.48. The van der Waals surface area contributed by atoms with Crippen molar-refractivity contribution in [1.82, 2.24) is 10.3 Å². The zero-order valence-corrected chi connectivity index (χ0v) is 13.4. The highest BCUT2D eigenvalue weighted by Crippen LogP contribution is 2.20. The highest BCUT2D eigenvalue weighted by Gasteiger charge is 2.10. The molecule has 106 valence electrons. The van der Waals surface area contributed by atoms with Crippen LogP contribution in [0, 0.1) is 0 Å². The number of aromatic nitrogens is 1. The van der Waals surface area contributed by atoms with Crippen LogP contribution >= 0.6 is 15.9 Å². The van der Waals surface area contributed by atoms with Crippen molar-refractivity contribution < 1.29 is 0 Å². The molecule has 0 radical (unpaired) electrons. The van der Waals surface area contributed by atoms with Gasteiger partial charge in [0.25, 0.3) is 0 Å². The monoisotopic (exact) mass is 332 g/mol. The molecule has 1 heterocycles. The van der Waals surface area contributed by atoms with E-state index in [2.05, 4.69) is 69.6 Å². The Labute approximate surface area is 129 Å². The predicted octanol–water partition coefficient (Wildman–Crippen LogP) is 4.52. The molecule has 20 heavy (non-hydrogen) atoms. The Morgan fingerprint density at radius 2 is 2.00 bits per heavy atom. The minimum absolute atomic E-state index is 0.412. The van der Waals surface area contributed by atoms with Gasteiger partial charge in [0.1, 0.15) is 0 Å². The third-order valence-corrected chi connectivity index (χ3v) is 3.76. The third kappa shape index (κ3) is 4.73. The minimum Gasteiger partial charge on any atom is -0.310 e. The van der Waals surface area contributed by atoms with Crippen molar-refractivity contribution in [1.29, 1.82) is 0 Å². The molecule has 0 spiro atoms. The quantitative estimate of drug-likeness (QED) is 0.806. The first-order chi connectivity index (χ1) is 9.79. The first-order valence-corrected chi connectivity index (χ1v) is 7.96. The van der Waals surface area contributed by atoms with E-state index in [0.717, 1.165) is 30.3 Å². The zero-order valence-electron chi connectivity index (χ0n) is 11.8. The molecule has 2 aromatic rings. The van der Waals surface area contributed by atoms with Gasteiger partial charge in [-0.2, -0.15) is 0 Å². The number of hydrogen-bond donors (Lipinski definition) is 1. The molecule has 0 fully saturated rings. The number of nitrogens with zero attached hydrogens (tertiary/aromatic N) is 1. The second-order valence-electron chi connectivity index (χ2n) is 4.97. The standard InChI is InChI=1S/C17H21BrN2/c1-2-10-20-17(15-6-4-3-5-7-15)9-8-14-11-16(18)13-19-12-14/h3-7,11-13,17,20H,2,8-10H2,1H3. The van der Waals surface area contributed by atoms with Crippen LogP contribution in [0.5, 0.6) is 0 Å². The van der Waals surface area contributed by atoms with Gasteiger partial charge in [-0.3, -0.25) is 4.98 Å². The van der Waals surface area contributed by atoms with E-state index in [1.807, 2.05) is 12.4 Å². The van der Waals surface area contributed by atoms with E-state index >= 15 is 0 Å². The summed E-state index contributed by atoms with van der Waals surface area (Å²) < 4.78 is 1.05. The predicted molar refractivity (Wildman–Crippen MR) is 87.7 cm³/mol. The van der Waals surface area contributed by atoms with Gasteiger partial charge in [0.05, 0.1) is 0 Å². The van der Waals surface area contributed by atoms with E-state index < -0.39 is 0 Å². The second-order valence-corrected chi connectivity index (χ2v) is 5.88. The lowest BCUT2D eigenvalue weighted by molar-refractivity contribution is 0.499. The van der Waals surface area contributed by atoms with Crippen molar-refractivity contribution in [2.75, 3.05) is 6.54 Å². The summed E-state index contributed by atoms with van der Waals surface area (Å²) in [5.41, 5.74) is 2.64. The van der Waals surface area contributed by atoms with Crippen LogP contribution in [-0.2, 0) is 6.42 Å². The minimum atomic E-state index is 0.412. The van der Waals surface area contributed by atoms with Crippen LogP contribution in [0.4, 0.5) is 0 Å². The van der Waals surface area contributed by atoms with E-state index in [1.54, 1.807) is 0 Å². The number of benzene rings is 1. The summed E-state index contributed by atoms with van der Waals surface area (Å²) in [6.45, 7) is 3.25. The first-order valence-electron chi connectivity index (χ1n) is 7.17. The number of pyridine rings is 1. The number of rotatable bonds is 7. The largest absolute Gasteiger partial charge is 0.310 e. The summed E-state index contributed by atoms with van der Waals surface area (Å²) >= 11 is 3.48. The first kappa shape index (κ1) is 15.2. The molecule has 1 atom stereocenters. The molecule has 2 rings (SSSR count). The highest BCUT2D eigenvalue weighted by molar-refractivity contribution is 9.10. The van der Waals surface area contributed by atoms with Crippen molar-refractivity contribution in [2.45, 2.75) is 32.2 Å². The lowest BCUT2D eigenvalue weighted by atomic mass is 9.99. The zero-order chi connectivity index (χ0) is 14.2. The van der Waals surface area contributed by atoms with E-state index in [1.165, 1.54) is 11.1 Å². The molecule has 0 saturated carbocycles. The maximum atomic E-state index is 4.23. The van der Waals surface area contributed by atoms with Crippen molar-refractivity contribution >= 4 is 15.9 Å². The fourth-order valence-corrected chi connectivity index (χ4v) is 2.71. The summed E-state index contributed by atoms with van der Waals surface area (Å²) in [7, 11) is 0. The van der Waals surface area contributed by atoms with E-state index in [0.29, 0.717) is 6.04 Å². The fraction of sp³-hybridized carbons (Fsp3) is 0.353. The maximum absolute atomic E-state index is 4.23. The Bertz CT molecular complexity index is 513. The van der Waals surface area contributed by atoms with Gasteiger partial charge < -0.3 is 5.32 Å². The van der Waals surface area contributed by atoms with Crippen LogP contribution < -0.4 is 5.32 Å². The Balaban J connectivity index is 2.01. The molecular formula is C17H21BrN2. The number of hydrogen-bond acceptors (Lipinski definition) is 2. The van der Waals surface area contributed by atoms with E-state index in [9.17, 15) is 0 Å². The third-order valence-electron chi connectivity index (χ3n) is 3.33. The molecule has 1 aromatic carbocycles. The molecule has 0 bridgehead atoms. The summed E-state index contributed by atoms with van der Waals surface area (Å²) in [5, 5.41) is 3.64. The summed E-state index contributed by atoms with van der Waals surface area (Å²) in [6, 6.07) is 13.2. The molecule has 0 aliphatic rings. The van der Waals surface area contributed by atoms with Gasteiger partial charge in [-0.25, -0.2) is 0 Å². The molecule has 3 heteroatoms. The van der Waals surface area contributed by atoms with Gasteiger partial charge >= 0.3 is 0 Å². The van der Waals surface area contributed by atoms with Gasteiger partial charge in [-0.1, -0.05) is 37.3 Å². The van der Waals surface area contributed by atoms with Crippen molar-refractivity contribution in [3.63, 3.8) is 0 Å². The lowest BCUT2D eigenvalue weighted by Gasteiger charge is -2.19. The van der Waals surface area contributed by atoms with Crippen LogP contribution in [0.25, 0.3) is 0 Å². The smallest absolute Gasteiger partial charge is 0.0410 e. The van der Waals surface area contributed by atoms with Gasteiger partial charge in [0, 0.05) is 22.9 Å². The normalized spacial score (nSPS) is 12.3. The van der Waals surface area contributed by atoms with Crippen molar-refractivity contribution in [3.05, 3.63) is 64.4 Å². The Kier molecular flexibility index (Phi) is 6.22. The van der Waals surface area contributed by atoms with E-state index in [-0.39, 0.29) is 0 Å². The van der Waals surface area contributed by atoms with Crippen molar-refractivity contribution in [3.8, 4) is 0 Å². The number of aryl methyl sites for hydroxylation is 1. The van der Waals surface area contributed by atoms with Gasteiger partial charge in [0.2, 0.25) is 0 Å². The molecule has 1 N–H and O–H groups in total. The molecular weight excluding hydrogens is 312 g/mol. The summed E-state index contributed by atoms with van der Waals surface area (Å²) in [5.74, 6) is 0. The van der Waals surface area contributed by atoms with E-state index in [4.69, 9.17) is 0 Å². The van der Waals surface area contributed by atoms with Gasteiger partial charge in [-0.15, -0.1) is 0 Å². The Morgan fingerprint density at radius 3 is 2.70 bits per heavy atom. The molecule has 2 nitrogen and oxygen atoms in total. The summed E-state index contributed by atoms with van der Waals surface area (Å²) in [6.07, 6.45) is 7.05. The fourth-order valence-electron chi connectivity index (χ4n) is 2.29. The van der Waals surface area contributed by atoms with Crippen LogP contribution in [-0.4, -0.2) is 11.5 Å². The number of halogens is 1. The maximum Gasteiger partial charge on any atom is 0.0410 e. The Morgan fingerprint density at radius 1 is 1.20 bits per heavy atom. The second kappa shape index (κ2) is 8.18. The lowest BCUT2D eigenvalue weighted by Crippen LogP contribution is -2.22. The highest BCUT2D eigenvalue weighted by atomic mass is 79.9. The molecule has 1 aromatic heterocycles. The molecule has 0 amide bonds. The summed E-state index contributed by atoms with van der Waals surface area (Å²) in [4.78, 5) is 4.23. The molecule has 0 saturated heterocycles. The van der Waals surface area contributed by atoms with Crippen LogP contribution in [0.1, 0.15) is 36.9 Å². The van der Waals surface area contributed by atoms with Crippen molar-refractivity contribution in [2.24, 2.45) is 0 Å². The molecule has 0 aliphatic carbocycles. The SMILES string of the molecule is CCCNC(CCc1cncc(Br)c1)c1ccccc1. The van der Waals surface area contributed by atoms with Gasteiger partial charge in [0.15, 0.2) is 0 Å². The van der Waals surface area contributed by atoms with Gasteiger partial charge in [-0.05, 0) is 58.9 Å². The van der Waals surface area contributed by atoms with Crippen LogP contribution in [0.3, 0.4) is 0 Å². The number of nitrogens with one attached hydrogen (secondary N) is 1. The average molecular weight is 333 g/mol. The Hall–Kier alpha value is -1.19. The van der Waals surface area contributed by atoms with Crippen LogP contribution in [0.15, 0.2) is 53.3 Å². The van der Waals surface area contributed by atoms with Crippen LogP contribution in [0.2, 0.25) is 0 Å². The topological polar surface area (TPSA) is 24.9 Å². The molecule has 0 aliphatic heterocycles. The molecule has 1 unspecified atom stereocenters.